The molecular weight excluding hydrogens is 278 g/mol. The van der Waals surface area contributed by atoms with Crippen molar-refractivity contribution in [3.05, 3.63) is 0 Å². The van der Waals surface area contributed by atoms with Gasteiger partial charge in [-0.15, -0.1) is 0 Å². The number of amides is 1. The van der Waals surface area contributed by atoms with Crippen molar-refractivity contribution >= 4 is 11.7 Å². The highest BCUT2D eigenvalue weighted by Gasteiger charge is 2.42. The summed E-state index contributed by atoms with van der Waals surface area (Å²) in [5.74, 6) is 3.18. The lowest BCUT2D eigenvalue weighted by molar-refractivity contribution is -0.126. The van der Waals surface area contributed by atoms with E-state index in [9.17, 15) is 4.79 Å². The van der Waals surface area contributed by atoms with E-state index in [-0.39, 0.29) is 18.6 Å². The van der Waals surface area contributed by atoms with Crippen LogP contribution in [0.1, 0.15) is 58.3 Å². The van der Waals surface area contributed by atoms with Crippen LogP contribution in [-0.4, -0.2) is 24.4 Å². The highest BCUT2D eigenvalue weighted by atomic mass is 16.6. The predicted molar refractivity (Wildman–Crippen MR) is 86.1 cm³/mol. The van der Waals surface area contributed by atoms with Crippen LogP contribution in [0.2, 0.25) is 0 Å². The Bertz CT molecular complexity index is 432. The molecule has 1 amide bonds. The average Bonchev–Trinajstić information content (AvgIpc) is 3.23. The number of rotatable bonds is 6. The first-order valence-electron chi connectivity index (χ1n) is 8.88. The molecule has 2 bridgehead atoms. The number of nitrogens with two attached hydrogens (primary N) is 1. The minimum atomic E-state index is -0.0850. The second-order valence-corrected chi connectivity index (χ2v) is 7.47. The van der Waals surface area contributed by atoms with Crippen molar-refractivity contribution in [2.45, 2.75) is 64.3 Å². The largest absolute Gasteiger partial charge is 0.384 e. The van der Waals surface area contributed by atoms with Crippen LogP contribution in [0, 0.1) is 23.7 Å². The molecule has 3 saturated carbocycles. The first-order valence-corrected chi connectivity index (χ1v) is 8.88. The van der Waals surface area contributed by atoms with Crippen LogP contribution in [-0.2, 0) is 9.63 Å². The maximum absolute atomic E-state index is 12.0. The second-order valence-electron chi connectivity index (χ2n) is 7.47. The molecule has 22 heavy (non-hydrogen) atoms. The van der Waals surface area contributed by atoms with E-state index in [0.29, 0.717) is 17.7 Å². The summed E-state index contributed by atoms with van der Waals surface area (Å²) < 4.78 is 0. The lowest BCUT2D eigenvalue weighted by Crippen LogP contribution is -2.41. The van der Waals surface area contributed by atoms with E-state index in [4.69, 9.17) is 10.6 Å². The number of fused-ring (bicyclic) bond motifs is 2. The third-order valence-corrected chi connectivity index (χ3v) is 5.96. The number of oxime groups is 1. The summed E-state index contributed by atoms with van der Waals surface area (Å²) in [6, 6.07) is 0.238. The van der Waals surface area contributed by atoms with Gasteiger partial charge in [-0.05, 0) is 56.8 Å². The fourth-order valence-corrected chi connectivity index (χ4v) is 4.77. The molecule has 124 valence electrons. The van der Waals surface area contributed by atoms with Crippen molar-refractivity contribution in [3.8, 4) is 0 Å². The average molecular weight is 307 g/mol. The Morgan fingerprint density at radius 1 is 1.27 bits per heavy atom. The lowest BCUT2D eigenvalue weighted by atomic mass is 9.84. The van der Waals surface area contributed by atoms with Crippen molar-refractivity contribution in [2.75, 3.05) is 6.61 Å². The van der Waals surface area contributed by atoms with Gasteiger partial charge in [0.15, 0.2) is 6.61 Å². The number of nitrogens with zero attached hydrogens (tertiary/aromatic N) is 1. The van der Waals surface area contributed by atoms with Crippen LogP contribution in [0.5, 0.6) is 0 Å². The van der Waals surface area contributed by atoms with Gasteiger partial charge in [0.2, 0.25) is 0 Å². The smallest absolute Gasteiger partial charge is 0.260 e. The SMILES string of the molecule is C[C@@H](NC(=O)CON=C(N)C1CCCC1)[C@H]1C[C@H]2CC[C@H]1C2. The maximum atomic E-state index is 12.0. The van der Waals surface area contributed by atoms with Gasteiger partial charge in [0.05, 0.1) is 0 Å². The normalized spacial score (nSPS) is 33.1. The first-order chi connectivity index (χ1) is 10.6. The van der Waals surface area contributed by atoms with E-state index in [1.54, 1.807) is 0 Å². The first kappa shape index (κ1) is 15.6. The van der Waals surface area contributed by atoms with Gasteiger partial charge in [0, 0.05) is 12.0 Å². The zero-order valence-corrected chi connectivity index (χ0v) is 13.6. The molecule has 0 spiro atoms. The van der Waals surface area contributed by atoms with Gasteiger partial charge in [-0.1, -0.05) is 24.4 Å². The molecule has 0 unspecified atom stereocenters. The van der Waals surface area contributed by atoms with Crippen molar-refractivity contribution in [1.29, 1.82) is 0 Å². The third kappa shape index (κ3) is 3.55. The van der Waals surface area contributed by atoms with E-state index < -0.39 is 0 Å². The maximum Gasteiger partial charge on any atom is 0.260 e. The van der Waals surface area contributed by atoms with Gasteiger partial charge in [0.25, 0.3) is 5.91 Å². The van der Waals surface area contributed by atoms with Gasteiger partial charge in [-0.3, -0.25) is 4.79 Å². The van der Waals surface area contributed by atoms with Gasteiger partial charge >= 0.3 is 0 Å². The monoisotopic (exact) mass is 307 g/mol. The van der Waals surface area contributed by atoms with Gasteiger partial charge in [-0.25, -0.2) is 0 Å². The van der Waals surface area contributed by atoms with E-state index >= 15 is 0 Å². The van der Waals surface area contributed by atoms with Crippen LogP contribution >= 0.6 is 0 Å². The highest BCUT2D eigenvalue weighted by molar-refractivity contribution is 5.82. The Hall–Kier alpha value is -1.26. The Morgan fingerprint density at radius 2 is 2.05 bits per heavy atom. The molecule has 3 aliphatic carbocycles. The number of hydrogen-bond donors (Lipinski definition) is 2. The predicted octanol–water partition coefficient (Wildman–Crippen LogP) is 2.41. The standard InChI is InChI=1S/C17H29N3O2/c1-11(15-9-12-6-7-14(15)8-12)19-16(21)10-22-20-17(18)13-4-2-3-5-13/h11-15H,2-10H2,1H3,(H2,18,20)(H,19,21)/t11-,12+,14+,15-/m1/s1. The fraction of sp³-hybridized carbons (Fsp3) is 0.882. The highest BCUT2D eigenvalue weighted by Crippen LogP contribution is 2.49. The topological polar surface area (TPSA) is 76.7 Å². The number of hydrogen-bond acceptors (Lipinski definition) is 3. The summed E-state index contributed by atoms with van der Waals surface area (Å²) >= 11 is 0. The Kier molecular flexibility index (Phi) is 4.89. The second kappa shape index (κ2) is 6.88. The molecule has 0 saturated heterocycles. The van der Waals surface area contributed by atoms with Crippen LogP contribution in [0.4, 0.5) is 0 Å². The molecule has 3 rings (SSSR count). The van der Waals surface area contributed by atoms with Crippen LogP contribution in [0.25, 0.3) is 0 Å². The molecule has 0 aliphatic heterocycles. The van der Waals surface area contributed by atoms with Gasteiger partial charge in [-0.2, -0.15) is 0 Å². The van der Waals surface area contributed by atoms with Crippen LogP contribution < -0.4 is 11.1 Å². The molecule has 5 heteroatoms. The Labute approximate surface area is 133 Å². The Morgan fingerprint density at radius 3 is 2.68 bits per heavy atom. The molecule has 5 nitrogen and oxygen atoms in total. The molecule has 3 N–H and O–H groups in total. The van der Waals surface area contributed by atoms with Gasteiger partial charge in [0.1, 0.15) is 5.84 Å². The molecule has 0 aromatic heterocycles. The Balaban J connectivity index is 1.38. The van der Waals surface area contributed by atoms with Crippen molar-refractivity contribution in [3.63, 3.8) is 0 Å². The van der Waals surface area contributed by atoms with Crippen molar-refractivity contribution < 1.29 is 9.63 Å². The molecule has 4 atom stereocenters. The minimum Gasteiger partial charge on any atom is -0.384 e. The summed E-state index contributed by atoms with van der Waals surface area (Å²) in [5, 5.41) is 7.00. The van der Waals surface area contributed by atoms with E-state index in [1.165, 1.54) is 38.5 Å². The molecular formula is C17H29N3O2. The molecule has 3 aliphatic rings. The number of carbonyl (C=O) groups is 1. The summed E-state index contributed by atoms with van der Waals surface area (Å²) in [7, 11) is 0. The molecule has 0 radical (unpaired) electrons. The van der Waals surface area contributed by atoms with Crippen molar-refractivity contribution in [1.82, 2.24) is 5.32 Å². The third-order valence-electron chi connectivity index (χ3n) is 5.96. The molecule has 0 heterocycles. The number of nitrogens with one attached hydrogen (secondary N) is 1. The van der Waals surface area contributed by atoms with E-state index in [1.807, 2.05) is 0 Å². The quantitative estimate of drug-likeness (QED) is 0.449. The summed E-state index contributed by atoms with van der Waals surface area (Å²) in [4.78, 5) is 17.1. The number of carbonyl (C=O) groups excluding carboxylic acids is 1. The van der Waals surface area contributed by atoms with Crippen LogP contribution in [0.3, 0.4) is 0 Å². The van der Waals surface area contributed by atoms with Crippen LogP contribution in [0.15, 0.2) is 5.16 Å². The lowest BCUT2D eigenvalue weighted by Gasteiger charge is -2.28. The summed E-state index contributed by atoms with van der Waals surface area (Å²) in [6.07, 6.45) is 9.97. The molecule has 0 aromatic rings. The zero-order valence-electron chi connectivity index (χ0n) is 13.6. The van der Waals surface area contributed by atoms with Crippen molar-refractivity contribution in [2.24, 2.45) is 34.6 Å². The van der Waals surface area contributed by atoms with E-state index in [0.717, 1.165) is 24.7 Å². The number of amidine groups is 1. The zero-order chi connectivity index (χ0) is 15.5. The molecule has 3 fully saturated rings. The molecule has 0 aromatic carbocycles. The van der Waals surface area contributed by atoms with E-state index in [2.05, 4.69) is 17.4 Å². The minimum absolute atomic E-state index is 0.0292. The summed E-state index contributed by atoms with van der Waals surface area (Å²) in [6.45, 7) is 2.10. The summed E-state index contributed by atoms with van der Waals surface area (Å²) in [5.41, 5.74) is 5.90. The van der Waals surface area contributed by atoms with Gasteiger partial charge < -0.3 is 15.9 Å². The fourth-order valence-electron chi connectivity index (χ4n) is 4.77.